The average Bonchev–Trinajstić information content (AvgIpc) is 3.26. The van der Waals surface area contributed by atoms with E-state index >= 15 is 0 Å². The van der Waals surface area contributed by atoms with Gasteiger partial charge in [0.25, 0.3) is 5.91 Å². The molecule has 2 aromatic rings. The maximum absolute atomic E-state index is 14.3. The number of aliphatic carboxylic acids is 1. The predicted molar refractivity (Wildman–Crippen MR) is 128 cm³/mol. The second-order valence-electron chi connectivity index (χ2n) is 9.58. The van der Waals surface area contributed by atoms with Crippen LogP contribution in [0.3, 0.4) is 0 Å². The Hall–Kier alpha value is -2.66. The van der Waals surface area contributed by atoms with Crippen LogP contribution >= 0.6 is 23.2 Å². The maximum atomic E-state index is 14.3. The van der Waals surface area contributed by atoms with Gasteiger partial charge in [0.2, 0.25) is 0 Å². The lowest BCUT2D eigenvalue weighted by atomic mass is 9.85. The van der Waals surface area contributed by atoms with Crippen LogP contribution in [-0.2, 0) is 11.0 Å². The molecule has 0 aliphatic heterocycles. The molecule has 0 aromatic carbocycles. The maximum Gasteiger partial charge on any atom is 0.433 e. The fraction of sp³-hybridized carbons (Fsp3) is 0.542. The molecular weight excluding hydrogens is 536 g/mol. The van der Waals surface area contributed by atoms with Crippen LogP contribution in [-0.4, -0.2) is 55.5 Å². The summed E-state index contributed by atoms with van der Waals surface area (Å²) < 4.78 is 43.6. The first-order valence-electron chi connectivity index (χ1n) is 12.0. The summed E-state index contributed by atoms with van der Waals surface area (Å²) in [6.45, 7) is -0.401. The molecule has 4 rings (SSSR count). The van der Waals surface area contributed by atoms with Gasteiger partial charge in [-0.1, -0.05) is 29.6 Å². The molecule has 200 valence electrons. The Morgan fingerprint density at radius 3 is 2.16 bits per heavy atom. The number of rotatable bonds is 8. The summed E-state index contributed by atoms with van der Waals surface area (Å²) in [5, 5.41) is 13.1. The number of nitrogens with zero attached hydrogens (tertiary/aromatic N) is 4. The van der Waals surface area contributed by atoms with E-state index in [0.717, 1.165) is 35.0 Å². The van der Waals surface area contributed by atoms with Gasteiger partial charge in [0, 0.05) is 18.9 Å². The number of aromatic nitrogens is 3. The summed E-state index contributed by atoms with van der Waals surface area (Å²) in [4.78, 5) is 42.7. The first-order valence-corrected chi connectivity index (χ1v) is 12.7. The Bertz CT molecular complexity index is 1170. The lowest BCUT2D eigenvalue weighted by Crippen LogP contribution is -2.41. The minimum absolute atomic E-state index is 0.0192. The first-order chi connectivity index (χ1) is 17.5. The lowest BCUT2D eigenvalue weighted by molar-refractivity contribution is -0.147. The molecule has 2 aliphatic carbocycles. The molecule has 1 N–H and O–H groups in total. The molecule has 0 unspecified atom stereocenters. The number of Topliss-reactive ketones (excluding diaryl/α,β-unsaturated/α-hetero) is 1. The molecule has 2 saturated carbocycles. The van der Waals surface area contributed by atoms with Gasteiger partial charge in [0.15, 0.2) is 11.5 Å². The molecule has 1 amide bonds. The van der Waals surface area contributed by atoms with Gasteiger partial charge in [-0.15, -0.1) is 0 Å². The third-order valence-electron chi connectivity index (χ3n) is 7.14. The number of pyridine rings is 1. The van der Waals surface area contributed by atoms with Crippen molar-refractivity contribution >= 4 is 40.9 Å². The number of ketones is 1. The van der Waals surface area contributed by atoms with E-state index in [1.54, 1.807) is 0 Å². The number of carbonyl (C=O) groups excluding carboxylic acids is 2. The fourth-order valence-electron chi connectivity index (χ4n) is 4.95. The minimum Gasteiger partial charge on any atom is -0.481 e. The molecule has 0 spiro atoms. The van der Waals surface area contributed by atoms with E-state index in [4.69, 9.17) is 23.2 Å². The molecule has 2 fully saturated rings. The second kappa shape index (κ2) is 11.0. The number of amides is 1. The number of hydrogen-bond acceptors (Lipinski definition) is 5. The zero-order valence-electron chi connectivity index (χ0n) is 19.7. The van der Waals surface area contributed by atoms with E-state index in [-0.39, 0.29) is 53.8 Å². The van der Waals surface area contributed by atoms with Crippen molar-refractivity contribution in [1.82, 2.24) is 19.7 Å². The van der Waals surface area contributed by atoms with E-state index in [1.807, 2.05) is 0 Å². The molecule has 2 aliphatic rings. The highest BCUT2D eigenvalue weighted by atomic mass is 35.5. The minimum atomic E-state index is -4.89. The number of alkyl halides is 3. The molecule has 0 bridgehead atoms. The summed E-state index contributed by atoms with van der Waals surface area (Å²) in [5.41, 5.74) is -1.89. The summed E-state index contributed by atoms with van der Waals surface area (Å²) in [7, 11) is 0. The van der Waals surface area contributed by atoms with Crippen LogP contribution in [0.25, 0.3) is 0 Å². The van der Waals surface area contributed by atoms with E-state index in [1.165, 1.54) is 12.4 Å². The first kappa shape index (κ1) is 27.4. The molecule has 13 heteroatoms. The van der Waals surface area contributed by atoms with Crippen LogP contribution < -0.4 is 0 Å². The highest BCUT2D eigenvalue weighted by Crippen LogP contribution is 2.39. The molecule has 8 nitrogen and oxygen atoms in total. The summed E-state index contributed by atoms with van der Waals surface area (Å²) >= 11 is 12.2. The number of carboxylic acid groups (broad SMARTS) is 1. The van der Waals surface area contributed by atoms with Crippen LogP contribution in [0.2, 0.25) is 10.0 Å². The molecule has 0 radical (unpaired) electrons. The molecule has 0 saturated heterocycles. The van der Waals surface area contributed by atoms with Crippen LogP contribution in [0.4, 0.5) is 13.2 Å². The van der Waals surface area contributed by atoms with Crippen molar-refractivity contribution in [2.45, 2.75) is 57.2 Å². The smallest absolute Gasteiger partial charge is 0.433 e. The zero-order valence-corrected chi connectivity index (χ0v) is 21.2. The van der Waals surface area contributed by atoms with Crippen molar-refractivity contribution in [3.8, 4) is 0 Å². The Kier molecular flexibility index (Phi) is 8.13. The standard InChI is InChI=1S/C24H25Cl2F3N4O4/c25-17-9-30-10-18(26)20(17)19(34)12-32(11-13-2-1-3-13)22(35)16-8-31-33(21(16)24(27,28)29)15-6-4-14(5-7-15)23(36)37/h8-10,13-15H,1-7,11-12H2,(H,36,37)/t14-,15-. The predicted octanol–water partition coefficient (Wildman–Crippen LogP) is 5.54. The summed E-state index contributed by atoms with van der Waals surface area (Å²) in [5.74, 6) is -3.09. The topological polar surface area (TPSA) is 105 Å². The van der Waals surface area contributed by atoms with Gasteiger partial charge >= 0.3 is 12.1 Å². The molecule has 2 aromatic heterocycles. The summed E-state index contributed by atoms with van der Waals surface area (Å²) in [6.07, 6.45) is 1.80. The van der Waals surface area contributed by atoms with Gasteiger partial charge in [-0.3, -0.25) is 24.0 Å². The van der Waals surface area contributed by atoms with E-state index in [2.05, 4.69) is 10.1 Å². The van der Waals surface area contributed by atoms with Crippen molar-refractivity contribution in [2.75, 3.05) is 13.1 Å². The number of carbonyl (C=O) groups is 3. The van der Waals surface area contributed by atoms with Crippen molar-refractivity contribution in [3.63, 3.8) is 0 Å². The van der Waals surface area contributed by atoms with Crippen LogP contribution in [0.1, 0.15) is 77.4 Å². The van der Waals surface area contributed by atoms with Crippen molar-refractivity contribution in [1.29, 1.82) is 0 Å². The van der Waals surface area contributed by atoms with E-state index in [0.29, 0.717) is 0 Å². The number of carboxylic acids is 1. The highest BCUT2D eigenvalue weighted by molar-refractivity contribution is 6.39. The van der Waals surface area contributed by atoms with E-state index < -0.39 is 53.6 Å². The molecule has 2 heterocycles. The third-order valence-corrected chi connectivity index (χ3v) is 7.72. The zero-order chi connectivity index (χ0) is 26.9. The van der Waals surface area contributed by atoms with Crippen molar-refractivity contribution in [2.24, 2.45) is 11.8 Å². The Morgan fingerprint density at radius 1 is 1.03 bits per heavy atom. The van der Waals surface area contributed by atoms with Crippen LogP contribution in [0.5, 0.6) is 0 Å². The highest BCUT2D eigenvalue weighted by Gasteiger charge is 2.43. The Balaban J connectivity index is 1.64. The third kappa shape index (κ3) is 5.93. The molecule has 0 atom stereocenters. The van der Waals surface area contributed by atoms with Gasteiger partial charge in [0.05, 0.1) is 45.9 Å². The number of hydrogen-bond donors (Lipinski definition) is 1. The normalized spacial score (nSPS) is 20.4. The SMILES string of the molecule is O=C(CN(CC1CCC1)C(=O)c1cnn([C@H]2CC[C@H](C(=O)O)CC2)c1C(F)(F)F)c1c(Cl)cncc1Cl. The van der Waals surface area contributed by atoms with Gasteiger partial charge in [-0.05, 0) is 44.4 Å². The number of halogens is 5. The summed E-state index contributed by atoms with van der Waals surface area (Å²) in [6, 6.07) is -0.690. The second-order valence-corrected chi connectivity index (χ2v) is 10.4. The lowest BCUT2D eigenvalue weighted by Gasteiger charge is -2.32. The monoisotopic (exact) mass is 560 g/mol. The van der Waals surface area contributed by atoms with Crippen molar-refractivity contribution in [3.05, 3.63) is 45.5 Å². The van der Waals surface area contributed by atoms with Gasteiger partial charge in [-0.2, -0.15) is 18.3 Å². The van der Waals surface area contributed by atoms with Crippen LogP contribution in [0, 0.1) is 11.8 Å². The Labute approximate surface area is 220 Å². The van der Waals surface area contributed by atoms with Gasteiger partial charge in [-0.25, -0.2) is 0 Å². The molecular formula is C24H25Cl2F3N4O4. The molecule has 37 heavy (non-hydrogen) atoms. The largest absolute Gasteiger partial charge is 0.481 e. The fourth-order valence-corrected chi connectivity index (χ4v) is 5.53. The van der Waals surface area contributed by atoms with Crippen LogP contribution in [0.15, 0.2) is 18.6 Å². The van der Waals surface area contributed by atoms with Gasteiger partial charge in [0.1, 0.15) is 0 Å². The van der Waals surface area contributed by atoms with Gasteiger partial charge < -0.3 is 10.0 Å². The quantitative estimate of drug-likeness (QED) is 0.424. The van der Waals surface area contributed by atoms with E-state index in [9.17, 15) is 32.7 Å². The average molecular weight is 561 g/mol. The Morgan fingerprint density at radius 2 is 1.65 bits per heavy atom. The van der Waals surface area contributed by atoms with Crippen molar-refractivity contribution < 1.29 is 32.7 Å².